The van der Waals surface area contributed by atoms with Crippen molar-refractivity contribution < 1.29 is 9.18 Å². The first kappa shape index (κ1) is 14.5. The summed E-state index contributed by atoms with van der Waals surface area (Å²) in [5.41, 5.74) is 0.403. The number of carbonyl (C=O) groups is 1. The lowest BCUT2D eigenvalue weighted by molar-refractivity contribution is 0.0720. The molecule has 0 spiro atoms. The van der Waals surface area contributed by atoms with Crippen LogP contribution >= 0.6 is 15.9 Å². The fourth-order valence-electron chi connectivity index (χ4n) is 2.39. The Bertz CT molecular complexity index is 459. The zero-order chi connectivity index (χ0) is 13.8. The van der Waals surface area contributed by atoms with Gasteiger partial charge in [-0.25, -0.2) is 4.39 Å². The predicted molar refractivity (Wildman–Crippen MR) is 76.7 cm³/mol. The standard InChI is InChI=1S/C14H18BrFN2O/c1-18(11-3-2-7-17-8-6-11)14(19)10-4-5-12(15)13(16)9-10/h4-5,9,11,17H,2-3,6-8H2,1H3. The molecule has 0 aliphatic carbocycles. The summed E-state index contributed by atoms with van der Waals surface area (Å²) in [5, 5.41) is 3.32. The van der Waals surface area contributed by atoms with Crippen molar-refractivity contribution in [1.29, 1.82) is 0 Å². The van der Waals surface area contributed by atoms with Crippen LogP contribution in [0, 0.1) is 5.82 Å². The Balaban J connectivity index is 2.10. The van der Waals surface area contributed by atoms with Crippen LogP contribution in [0.4, 0.5) is 4.39 Å². The monoisotopic (exact) mass is 328 g/mol. The highest BCUT2D eigenvalue weighted by molar-refractivity contribution is 9.10. The van der Waals surface area contributed by atoms with E-state index in [0.29, 0.717) is 10.0 Å². The van der Waals surface area contributed by atoms with Crippen molar-refractivity contribution in [1.82, 2.24) is 10.2 Å². The molecule has 1 unspecified atom stereocenters. The number of hydrogen-bond acceptors (Lipinski definition) is 2. The molecular weight excluding hydrogens is 311 g/mol. The van der Waals surface area contributed by atoms with Gasteiger partial charge in [0.05, 0.1) is 4.47 Å². The van der Waals surface area contributed by atoms with Crippen molar-refractivity contribution >= 4 is 21.8 Å². The number of hydrogen-bond donors (Lipinski definition) is 1. The first-order chi connectivity index (χ1) is 9.09. The molecule has 1 aromatic carbocycles. The van der Waals surface area contributed by atoms with E-state index < -0.39 is 5.82 Å². The zero-order valence-corrected chi connectivity index (χ0v) is 12.5. The molecule has 1 heterocycles. The molecular formula is C14H18BrFN2O. The van der Waals surface area contributed by atoms with Crippen molar-refractivity contribution in [2.45, 2.75) is 25.3 Å². The van der Waals surface area contributed by atoms with E-state index in [9.17, 15) is 9.18 Å². The Kier molecular flexibility index (Phi) is 4.93. The third kappa shape index (κ3) is 3.54. The van der Waals surface area contributed by atoms with E-state index in [1.165, 1.54) is 6.07 Å². The van der Waals surface area contributed by atoms with Crippen LogP contribution in [-0.2, 0) is 0 Å². The van der Waals surface area contributed by atoms with E-state index >= 15 is 0 Å². The third-order valence-electron chi connectivity index (χ3n) is 3.58. The van der Waals surface area contributed by atoms with Crippen molar-refractivity contribution in [2.24, 2.45) is 0 Å². The molecule has 1 aliphatic rings. The van der Waals surface area contributed by atoms with Gasteiger partial charge in [-0.3, -0.25) is 4.79 Å². The van der Waals surface area contributed by atoms with Crippen LogP contribution in [0.3, 0.4) is 0 Å². The van der Waals surface area contributed by atoms with E-state index in [4.69, 9.17) is 0 Å². The molecule has 0 bridgehead atoms. The second-order valence-electron chi connectivity index (χ2n) is 4.88. The van der Waals surface area contributed by atoms with Crippen LogP contribution in [-0.4, -0.2) is 37.0 Å². The lowest BCUT2D eigenvalue weighted by atomic mass is 10.1. The molecule has 0 aromatic heterocycles. The second kappa shape index (κ2) is 6.48. The molecule has 3 nitrogen and oxygen atoms in total. The maximum Gasteiger partial charge on any atom is 0.253 e. The Labute approximate surface area is 121 Å². The summed E-state index contributed by atoms with van der Waals surface area (Å²) in [6.07, 6.45) is 3.01. The maximum absolute atomic E-state index is 13.5. The van der Waals surface area contributed by atoms with Crippen LogP contribution in [0.25, 0.3) is 0 Å². The molecule has 1 N–H and O–H groups in total. The smallest absolute Gasteiger partial charge is 0.253 e. The first-order valence-corrected chi connectivity index (χ1v) is 7.32. The second-order valence-corrected chi connectivity index (χ2v) is 5.73. The van der Waals surface area contributed by atoms with Gasteiger partial charge < -0.3 is 10.2 Å². The number of benzene rings is 1. The zero-order valence-electron chi connectivity index (χ0n) is 11.0. The van der Waals surface area contributed by atoms with Crippen LogP contribution < -0.4 is 5.32 Å². The highest BCUT2D eigenvalue weighted by Crippen LogP contribution is 2.19. The van der Waals surface area contributed by atoms with E-state index in [1.807, 2.05) is 0 Å². The molecule has 1 aliphatic heterocycles. The normalized spacial score (nSPS) is 19.8. The summed E-state index contributed by atoms with van der Waals surface area (Å²) in [4.78, 5) is 14.1. The third-order valence-corrected chi connectivity index (χ3v) is 4.22. The number of rotatable bonds is 2. The summed E-state index contributed by atoms with van der Waals surface area (Å²) in [7, 11) is 1.80. The molecule has 1 amide bonds. The number of carbonyl (C=O) groups excluding carboxylic acids is 1. The van der Waals surface area contributed by atoms with Gasteiger partial charge in [-0.1, -0.05) is 0 Å². The summed E-state index contributed by atoms with van der Waals surface area (Å²) in [6.45, 7) is 1.93. The number of nitrogens with zero attached hydrogens (tertiary/aromatic N) is 1. The first-order valence-electron chi connectivity index (χ1n) is 6.52. The van der Waals surface area contributed by atoms with Gasteiger partial charge in [0.1, 0.15) is 5.82 Å². The average molecular weight is 329 g/mol. The highest BCUT2D eigenvalue weighted by Gasteiger charge is 2.22. The Morgan fingerprint density at radius 1 is 1.42 bits per heavy atom. The molecule has 1 fully saturated rings. The summed E-state index contributed by atoms with van der Waals surface area (Å²) >= 11 is 3.09. The van der Waals surface area contributed by atoms with Gasteiger partial charge in [-0.05, 0) is 66.5 Å². The number of halogens is 2. The summed E-state index contributed by atoms with van der Waals surface area (Å²) in [6, 6.07) is 4.75. The van der Waals surface area contributed by atoms with E-state index in [-0.39, 0.29) is 11.9 Å². The van der Waals surface area contributed by atoms with Gasteiger partial charge in [-0.15, -0.1) is 0 Å². The molecule has 5 heteroatoms. The van der Waals surface area contributed by atoms with Crippen LogP contribution in [0.1, 0.15) is 29.6 Å². The highest BCUT2D eigenvalue weighted by atomic mass is 79.9. The molecule has 19 heavy (non-hydrogen) atoms. The fourth-order valence-corrected chi connectivity index (χ4v) is 2.63. The summed E-state index contributed by atoms with van der Waals surface area (Å²) in [5.74, 6) is -0.514. The SMILES string of the molecule is CN(C(=O)c1ccc(Br)c(F)c1)C1CCCNCC1. The molecule has 0 radical (unpaired) electrons. The van der Waals surface area contributed by atoms with E-state index in [1.54, 1.807) is 24.1 Å². The molecule has 1 atom stereocenters. The largest absolute Gasteiger partial charge is 0.339 e. The van der Waals surface area contributed by atoms with Crippen molar-refractivity contribution in [3.63, 3.8) is 0 Å². The minimum absolute atomic E-state index is 0.113. The van der Waals surface area contributed by atoms with Gasteiger partial charge in [-0.2, -0.15) is 0 Å². The Hall–Kier alpha value is -0.940. The van der Waals surface area contributed by atoms with Gasteiger partial charge in [0.15, 0.2) is 0 Å². The van der Waals surface area contributed by atoms with Crippen molar-refractivity contribution in [3.05, 3.63) is 34.1 Å². The van der Waals surface area contributed by atoms with E-state index in [2.05, 4.69) is 21.2 Å². The summed E-state index contributed by atoms with van der Waals surface area (Å²) < 4.78 is 13.9. The van der Waals surface area contributed by atoms with Crippen molar-refractivity contribution in [2.75, 3.05) is 20.1 Å². The lowest BCUT2D eigenvalue weighted by Gasteiger charge is -2.27. The Morgan fingerprint density at radius 3 is 2.95 bits per heavy atom. The molecule has 2 rings (SSSR count). The molecule has 0 saturated carbocycles. The van der Waals surface area contributed by atoms with Gasteiger partial charge in [0.2, 0.25) is 0 Å². The number of amides is 1. The van der Waals surface area contributed by atoms with Crippen LogP contribution in [0.15, 0.2) is 22.7 Å². The topological polar surface area (TPSA) is 32.3 Å². The van der Waals surface area contributed by atoms with E-state index in [0.717, 1.165) is 32.4 Å². The maximum atomic E-state index is 13.5. The minimum atomic E-state index is -0.401. The average Bonchev–Trinajstić information content (AvgIpc) is 2.69. The fraction of sp³-hybridized carbons (Fsp3) is 0.500. The lowest BCUT2D eigenvalue weighted by Crippen LogP contribution is -2.37. The van der Waals surface area contributed by atoms with Gasteiger partial charge in [0, 0.05) is 18.7 Å². The van der Waals surface area contributed by atoms with Crippen LogP contribution in [0.5, 0.6) is 0 Å². The molecule has 1 saturated heterocycles. The van der Waals surface area contributed by atoms with Gasteiger partial charge >= 0.3 is 0 Å². The molecule has 104 valence electrons. The Morgan fingerprint density at radius 2 is 2.21 bits per heavy atom. The van der Waals surface area contributed by atoms with Crippen molar-refractivity contribution in [3.8, 4) is 0 Å². The molecule has 1 aromatic rings. The predicted octanol–water partition coefficient (Wildman–Crippen LogP) is 2.80. The van der Waals surface area contributed by atoms with Gasteiger partial charge in [0.25, 0.3) is 5.91 Å². The quantitative estimate of drug-likeness (QED) is 0.905. The number of nitrogens with one attached hydrogen (secondary N) is 1. The minimum Gasteiger partial charge on any atom is -0.339 e. The van der Waals surface area contributed by atoms with Crippen LogP contribution in [0.2, 0.25) is 0 Å².